The summed E-state index contributed by atoms with van der Waals surface area (Å²) in [5.41, 5.74) is 19.6. The van der Waals surface area contributed by atoms with Crippen LogP contribution in [0.25, 0.3) is 61.1 Å². The fourth-order valence-electron chi connectivity index (χ4n) is 9.04. The van der Waals surface area contributed by atoms with Crippen molar-refractivity contribution in [2.24, 2.45) is 0 Å². The Hall–Kier alpha value is -6.32. The van der Waals surface area contributed by atoms with Crippen LogP contribution < -0.4 is 0 Å². The number of hydrogen-bond donors (Lipinski definition) is 0. The van der Waals surface area contributed by atoms with Crippen molar-refractivity contribution in [1.29, 1.82) is 0 Å². The molecule has 3 nitrogen and oxygen atoms in total. The molecule has 51 heavy (non-hydrogen) atoms. The average Bonchev–Trinajstić information content (AvgIpc) is 3.60. The number of benzene rings is 6. The fraction of sp³-hybridized carbons (Fsp3) is 0.0833. The van der Waals surface area contributed by atoms with Gasteiger partial charge in [-0.25, -0.2) is 9.97 Å². The minimum Gasteiger partial charge on any atom is -0.298 e. The molecule has 0 saturated heterocycles. The fourth-order valence-corrected chi connectivity index (χ4v) is 9.04. The molecule has 2 aliphatic rings. The maximum absolute atomic E-state index is 5.47. The van der Waals surface area contributed by atoms with Crippen LogP contribution in [0.15, 0.2) is 164 Å². The first-order valence-corrected chi connectivity index (χ1v) is 17.9. The predicted molar refractivity (Wildman–Crippen MR) is 208 cm³/mol. The molecule has 3 heteroatoms. The smallest absolute Gasteiger partial charge is 0.137 e. The molecule has 11 rings (SSSR count). The van der Waals surface area contributed by atoms with Gasteiger partial charge in [-0.15, -0.1) is 0 Å². The van der Waals surface area contributed by atoms with E-state index < -0.39 is 0 Å². The van der Waals surface area contributed by atoms with Crippen LogP contribution in [0.2, 0.25) is 0 Å². The topological polar surface area (TPSA) is 30.2 Å². The van der Waals surface area contributed by atoms with Crippen molar-refractivity contribution in [3.05, 3.63) is 197 Å². The van der Waals surface area contributed by atoms with Gasteiger partial charge < -0.3 is 0 Å². The van der Waals surface area contributed by atoms with Crippen molar-refractivity contribution in [3.8, 4) is 33.5 Å². The molecule has 3 aromatic heterocycles. The molecule has 0 saturated carbocycles. The Morgan fingerprint density at radius 1 is 0.490 bits per heavy atom. The first-order chi connectivity index (χ1) is 25.3. The molecular weight excluding hydrogens is 619 g/mol. The molecule has 0 radical (unpaired) electrons. The van der Waals surface area contributed by atoms with Crippen molar-refractivity contribution >= 4 is 27.6 Å². The van der Waals surface area contributed by atoms with E-state index >= 15 is 0 Å². The summed E-state index contributed by atoms with van der Waals surface area (Å²) in [6.07, 6.45) is 4.03. The van der Waals surface area contributed by atoms with Gasteiger partial charge >= 0.3 is 0 Å². The van der Waals surface area contributed by atoms with Gasteiger partial charge in [-0.2, -0.15) is 0 Å². The molecule has 2 aliphatic carbocycles. The third-order valence-corrected chi connectivity index (χ3v) is 11.3. The Kier molecular flexibility index (Phi) is 6.20. The molecule has 0 spiro atoms. The molecule has 6 aromatic carbocycles. The Morgan fingerprint density at radius 2 is 1.04 bits per heavy atom. The number of fused-ring (bicyclic) bond motifs is 11. The van der Waals surface area contributed by atoms with Gasteiger partial charge in [-0.05, 0) is 98.8 Å². The molecule has 240 valence electrons. The van der Waals surface area contributed by atoms with E-state index in [4.69, 9.17) is 9.97 Å². The zero-order valence-electron chi connectivity index (χ0n) is 28.0. The molecule has 0 aliphatic heterocycles. The van der Waals surface area contributed by atoms with Crippen LogP contribution >= 0.6 is 0 Å². The maximum atomic E-state index is 5.47. The Balaban J connectivity index is 1.20. The molecule has 0 N–H and O–H groups in total. The van der Waals surface area contributed by atoms with Crippen LogP contribution in [-0.2, 0) is 12.8 Å². The van der Waals surface area contributed by atoms with Crippen molar-refractivity contribution in [2.45, 2.75) is 24.7 Å². The third kappa shape index (κ3) is 4.38. The number of aromatic nitrogens is 3. The highest BCUT2D eigenvalue weighted by molar-refractivity contribution is 6.09. The van der Waals surface area contributed by atoms with E-state index in [0.29, 0.717) is 0 Å². The lowest BCUT2D eigenvalue weighted by Crippen LogP contribution is -2.15. The van der Waals surface area contributed by atoms with Gasteiger partial charge in [0.25, 0.3) is 0 Å². The van der Waals surface area contributed by atoms with Crippen LogP contribution in [0.3, 0.4) is 0 Å². The lowest BCUT2D eigenvalue weighted by molar-refractivity contribution is 0.770. The first kappa shape index (κ1) is 28.5. The monoisotopic (exact) mass is 651 g/mol. The second-order valence-corrected chi connectivity index (χ2v) is 14.1. The Bertz CT molecular complexity index is 2730. The highest BCUT2D eigenvalue weighted by Crippen LogP contribution is 2.47. The minimum atomic E-state index is 0.207. The van der Waals surface area contributed by atoms with Gasteiger partial charge in [0.1, 0.15) is 11.2 Å². The molecule has 9 aromatic rings. The summed E-state index contributed by atoms with van der Waals surface area (Å²) in [5, 5.41) is 1.08. The number of nitrogens with zero attached hydrogens (tertiary/aromatic N) is 3. The molecule has 2 atom stereocenters. The molecule has 0 fully saturated rings. The second kappa shape index (κ2) is 11.1. The van der Waals surface area contributed by atoms with Gasteiger partial charge in [0, 0.05) is 29.0 Å². The first-order valence-electron chi connectivity index (χ1n) is 17.9. The zero-order valence-corrected chi connectivity index (χ0v) is 28.0. The van der Waals surface area contributed by atoms with E-state index in [-0.39, 0.29) is 11.8 Å². The number of imidazole rings is 1. The van der Waals surface area contributed by atoms with Crippen LogP contribution in [0, 0.1) is 0 Å². The summed E-state index contributed by atoms with van der Waals surface area (Å²) in [4.78, 5) is 10.7. The highest BCUT2D eigenvalue weighted by Gasteiger charge is 2.30. The molecule has 0 bridgehead atoms. The zero-order chi connectivity index (χ0) is 33.5. The minimum absolute atomic E-state index is 0.207. The van der Waals surface area contributed by atoms with E-state index in [1.165, 1.54) is 55.6 Å². The molecular formula is C48H33N3. The average molecular weight is 652 g/mol. The number of para-hydroxylation sites is 1. The summed E-state index contributed by atoms with van der Waals surface area (Å²) >= 11 is 0. The van der Waals surface area contributed by atoms with Gasteiger partial charge in [0.05, 0.1) is 16.7 Å². The normalized spacial score (nSPS) is 16.1. The Morgan fingerprint density at radius 3 is 1.71 bits per heavy atom. The van der Waals surface area contributed by atoms with Crippen LogP contribution in [0.4, 0.5) is 0 Å². The van der Waals surface area contributed by atoms with E-state index in [2.05, 4.69) is 168 Å². The van der Waals surface area contributed by atoms with E-state index in [1.54, 1.807) is 0 Å². The quantitative estimate of drug-likeness (QED) is 0.190. The van der Waals surface area contributed by atoms with E-state index in [9.17, 15) is 0 Å². The second-order valence-electron chi connectivity index (χ2n) is 14.1. The summed E-state index contributed by atoms with van der Waals surface area (Å²) < 4.78 is 2.22. The summed E-state index contributed by atoms with van der Waals surface area (Å²) in [5.74, 6) is 0.415. The lowest BCUT2D eigenvalue weighted by atomic mass is 9.72. The van der Waals surface area contributed by atoms with Crippen LogP contribution in [-0.4, -0.2) is 14.4 Å². The van der Waals surface area contributed by atoms with Crippen molar-refractivity contribution in [2.75, 3.05) is 0 Å². The number of hydrogen-bond acceptors (Lipinski definition) is 2. The van der Waals surface area contributed by atoms with Crippen molar-refractivity contribution in [1.82, 2.24) is 14.4 Å². The predicted octanol–water partition coefficient (Wildman–Crippen LogP) is 11.4. The SMILES string of the molecule is c1ccc2c(c1)CC(c1cc(-c3nc4ccccc4c4nc5ccccn5c34)cc(C3Cc4ccccc4-c4ccccc43)c1)c1ccccc1-2. The van der Waals surface area contributed by atoms with Crippen molar-refractivity contribution in [3.63, 3.8) is 0 Å². The van der Waals surface area contributed by atoms with Crippen LogP contribution in [0.1, 0.15) is 45.2 Å². The third-order valence-electron chi connectivity index (χ3n) is 11.3. The Labute approximate surface area is 296 Å². The van der Waals surface area contributed by atoms with Crippen molar-refractivity contribution < 1.29 is 0 Å². The number of pyridine rings is 2. The lowest BCUT2D eigenvalue weighted by Gasteiger charge is -2.31. The van der Waals surface area contributed by atoms with Gasteiger partial charge in [0.2, 0.25) is 0 Å². The summed E-state index contributed by atoms with van der Waals surface area (Å²) in [7, 11) is 0. The maximum Gasteiger partial charge on any atom is 0.137 e. The van der Waals surface area contributed by atoms with Gasteiger partial charge in [-0.1, -0.05) is 127 Å². The van der Waals surface area contributed by atoms with Gasteiger partial charge in [0.15, 0.2) is 0 Å². The van der Waals surface area contributed by atoms with Crippen LogP contribution in [0.5, 0.6) is 0 Å². The van der Waals surface area contributed by atoms with E-state index in [0.717, 1.165) is 51.7 Å². The highest BCUT2D eigenvalue weighted by atomic mass is 15.0. The standard InChI is InChI=1S/C48H33N3/c1-3-15-35-30(13-1)28-42(39-19-7-5-17-37(35)39)32-25-33(43-29-31-14-2-4-16-36(31)38-18-6-8-20-40(38)43)27-34(26-32)46-48-47(41-21-9-10-22-44(41)49-46)50-45-23-11-12-24-51(45)48/h1-27,42-43H,28-29H2. The summed E-state index contributed by atoms with van der Waals surface area (Å²) in [6, 6.07) is 58.0. The van der Waals surface area contributed by atoms with Gasteiger partial charge in [-0.3, -0.25) is 4.40 Å². The summed E-state index contributed by atoms with van der Waals surface area (Å²) in [6.45, 7) is 0. The molecule has 2 unspecified atom stereocenters. The molecule has 3 heterocycles. The largest absolute Gasteiger partial charge is 0.298 e. The van der Waals surface area contributed by atoms with E-state index in [1.807, 2.05) is 0 Å². The number of rotatable bonds is 3. The molecule has 0 amide bonds.